The molecule has 0 aliphatic carbocycles. The van der Waals surface area contributed by atoms with E-state index in [1.807, 2.05) is 37.3 Å². The summed E-state index contributed by atoms with van der Waals surface area (Å²) in [6.45, 7) is 1.71. The number of ether oxygens (including phenoxy) is 1. The number of likely N-dealkylation sites (tertiary alicyclic amines) is 1. The first-order valence-electron chi connectivity index (χ1n) is 9.11. The first-order valence-corrected chi connectivity index (χ1v) is 9.86. The van der Waals surface area contributed by atoms with Gasteiger partial charge in [0.2, 0.25) is 5.91 Å². The maximum atomic E-state index is 12.4. The van der Waals surface area contributed by atoms with Crippen LogP contribution in [0.15, 0.2) is 48.5 Å². The highest BCUT2D eigenvalue weighted by atomic mass is 35.5. The molecule has 1 aliphatic rings. The standard InChI is InChI=1S/C21H20Cl2N2O4/c1-13(14-5-3-2-4-6-14)25-11-15(9-20(25)27)21(28)29-12-19(26)24-18-10-16(22)7-8-17(18)23/h2-8,10,13,15H,9,11-12H2,1H3,(H,24,26)/t13-,15-/m0/s1. The fraction of sp³-hybridized carbons (Fsp3) is 0.286. The molecule has 0 aromatic heterocycles. The Morgan fingerprint density at radius 3 is 2.66 bits per heavy atom. The summed E-state index contributed by atoms with van der Waals surface area (Å²) in [6.07, 6.45) is 0.0672. The number of halogens is 2. The van der Waals surface area contributed by atoms with Gasteiger partial charge in [-0.3, -0.25) is 14.4 Å². The van der Waals surface area contributed by atoms with E-state index in [0.717, 1.165) is 5.56 Å². The molecular formula is C21H20Cl2N2O4. The summed E-state index contributed by atoms with van der Waals surface area (Å²) in [5, 5.41) is 3.28. The van der Waals surface area contributed by atoms with E-state index >= 15 is 0 Å². The average Bonchev–Trinajstić information content (AvgIpc) is 3.10. The van der Waals surface area contributed by atoms with Crippen LogP contribution in [0.25, 0.3) is 0 Å². The van der Waals surface area contributed by atoms with Crippen LogP contribution < -0.4 is 5.32 Å². The molecular weight excluding hydrogens is 415 g/mol. The van der Waals surface area contributed by atoms with Crippen LogP contribution in [0.2, 0.25) is 10.0 Å². The summed E-state index contributed by atoms with van der Waals surface area (Å²) in [6, 6.07) is 14.1. The van der Waals surface area contributed by atoms with Crippen molar-refractivity contribution in [1.82, 2.24) is 4.90 Å². The third-order valence-electron chi connectivity index (χ3n) is 4.79. The van der Waals surface area contributed by atoms with E-state index in [1.54, 1.807) is 17.0 Å². The molecule has 6 nitrogen and oxygen atoms in total. The SMILES string of the molecule is C[C@@H](c1ccccc1)N1C[C@@H](C(=O)OCC(=O)Nc2cc(Cl)ccc2Cl)CC1=O. The molecule has 3 rings (SSSR count). The molecule has 2 aromatic carbocycles. The van der Waals surface area contributed by atoms with E-state index in [0.29, 0.717) is 15.7 Å². The van der Waals surface area contributed by atoms with Crippen molar-refractivity contribution < 1.29 is 19.1 Å². The minimum atomic E-state index is -0.601. The predicted octanol–water partition coefficient (Wildman–Crippen LogP) is 4.08. The van der Waals surface area contributed by atoms with Crippen LogP contribution in [-0.4, -0.2) is 35.8 Å². The van der Waals surface area contributed by atoms with Gasteiger partial charge < -0.3 is 15.0 Å². The zero-order valence-electron chi connectivity index (χ0n) is 15.7. The zero-order valence-corrected chi connectivity index (χ0v) is 17.2. The third kappa shape index (κ3) is 5.28. The van der Waals surface area contributed by atoms with Crippen molar-refractivity contribution in [3.05, 3.63) is 64.1 Å². The van der Waals surface area contributed by atoms with Crippen LogP contribution in [0, 0.1) is 5.92 Å². The van der Waals surface area contributed by atoms with E-state index in [-0.39, 0.29) is 24.9 Å². The molecule has 152 valence electrons. The van der Waals surface area contributed by atoms with Crippen molar-refractivity contribution in [2.45, 2.75) is 19.4 Å². The number of amides is 2. The van der Waals surface area contributed by atoms with E-state index in [4.69, 9.17) is 27.9 Å². The monoisotopic (exact) mass is 434 g/mol. The summed E-state index contributed by atoms with van der Waals surface area (Å²) >= 11 is 11.9. The van der Waals surface area contributed by atoms with Crippen molar-refractivity contribution in [3.8, 4) is 0 Å². The van der Waals surface area contributed by atoms with Crippen molar-refractivity contribution in [2.75, 3.05) is 18.5 Å². The van der Waals surface area contributed by atoms with Gasteiger partial charge in [0.25, 0.3) is 5.91 Å². The molecule has 1 aliphatic heterocycles. The highest BCUT2D eigenvalue weighted by molar-refractivity contribution is 6.35. The number of hydrogen-bond acceptors (Lipinski definition) is 4. The maximum Gasteiger partial charge on any atom is 0.311 e. The summed E-state index contributed by atoms with van der Waals surface area (Å²) in [5.41, 5.74) is 1.33. The van der Waals surface area contributed by atoms with Gasteiger partial charge in [-0.15, -0.1) is 0 Å². The van der Waals surface area contributed by atoms with Crippen molar-refractivity contribution in [3.63, 3.8) is 0 Å². The molecule has 2 amide bonds. The second-order valence-corrected chi connectivity index (χ2v) is 7.66. The fourth-order valence-corrected chi connectivity index (χ4v) is 3.55. The van der Waals surface area contributed by atoms with Crippen molar-refractivity contribution in [1.29, 1.82) is 0 Å². The number of rotatable bonds is 6. The minimum absolute atomic E-state index is 0.0672. The van der Waals surface area contributed by atoms with E-state index in [1.165, 1.54) is 6.07 Å². The number of esters is 1. The quantitative estimate of drug-likeness (QED) is 0.694. The van der Waals surface area contributed by atoms with Crippen molar-refractivity contribution >= 4 is 46.7 Å². The second-order valence-electron chi connectivity index (χ2n) is 6.81. The molecule has 0 bridgehead atoms. The molecule has 8 heteroatoms. The Labute approximate surface area is 178 Å². The van der Waals surface area contributed by atoms with E-state index < -0.39 is 24.4 Å². The topological polar surface area (TPSA) is 75.7 Å². The van der Waals surface area contributed by atoms with Gasteiger partial charge in [-0.25, -0.2) is 0 Å². The average molecular weight is 435 g/mol. The molecule has 0 saturated carbocycles. The van der Waals surface area contributed by atoms with Gasteiger partial charge in [-0.1, -0.05) is 53.5 Å². The lowest BCUT2D eigenvalue weighted by molar-refractivity contribution is -0.151. The number of benzene rings is 2. The maximum absolute atomic E-state index is 12.4. The van der Waals surface area contributed by atoms with Gasteiger partial charge in [0, 0.05) is 18.0 Å². The largest absolute Gasteiger partial charge is 0.455 e. The van der Waals surface area contributed by atoms with Gasteiger partial charge >= 0.3 is 5.97 Å². The summed E-state index contributed by atoms with van der Waals surface area (Å²) in [4.78, 5) is 38.4. The number of carbonyl (C=O) groups is 3. The third-order valence-corrected chi connectivity index (χ3v) is 5.35. The second kappa shape index (κ2) is 9.29. The van der Waals surface area contributed by atoms with E-state index in [2.05, 4.69) is 5.32 Å². The van der Waals surface area contributed by atoms with Crippen LogP contribution in [0.1, 0.15) is 24.9 Å². The highest BCUT2D eigenvalue weighted by Crippen LogP contribution is 2.29. The van der Waals surface area contributed by atoms with Crippen LogP contribution in [0.5, 0.6) is 0 Å². The summed E-state index contributed by atoms with van der Waals surface area (Å²) < 4.78 is 5.11. The first kappa shape index (κ1) is 21.1. The fourth-order valence-electron chi connectivity index (χ4n) is 3.21. The molecule has 1 fully saturated rings. The smallest absolute Gasteiger partial charge is 0.311 e. The Kier molecular flexibility index (Phi) is 6.77. The number of hydrogen-bond donors (Lipinski definition) is 1. The van der Waals surface area contributed by atoms with Crippen LogP contribution in [0.3, 0.4) is 0 Å². The van der Waals surface area contributed by atoms with Crippen LogP contribution in [0.4, 0.5) is 5.69 Å². The van der Waals surface area contributed by atoms with Gasteiger partial charge in [0.15, 0.2) is 6.61 Å². The van der Waals surface area contributed by atoms with Gasteiger partial charge in [0.1, 0.15) is 0 Å². The predicted molar refractivity (Wildman–Crippen MR) is 111 cm³/mol. The Morgan fingerprint density at radius 1 is 1.21 bits per heavy atom. The molecule has 0 radical (unpaired) electrons. The summed E-state index contributed by atoms with van der Waals surface area (Å²) in [5.74, 6) is -1.83. The Bertz CT molecular complexity index is 920. The first-order chi connectivity index (χ1) is 13.8. The molecule has 0 unspecified atom stereocenters. The lowest BCUT2D eigenvalue weighted by atomic mass is 10.1. The number of nitrogens with zero attached hydrogens (tertiary/aromatic N) is 1. The molecule has 1 heterocycles. The van der Waals surface area contributed by atoms with Crippen molar-refractivity contribution in [2.24, 2.45) is 5.92 Å². The molecule has 2 atom stereocenters. The lowest BCUT2D eigenvalue weighted by Crippen LogP contribution is -2.30. The molecule has 1 saturated heterocycles. The lowest BCUT2D eigenvalue weighted by Gasteiger charge is -2.25. The van der Waals surface area contributed by atoms with E-state index in [9.17, 15) is 14.4 Å². The molecule has 0 spiro atoms. The molecule has 2 aromatic rings. The van der Waals surface area contributed by atoms with Crippen LogP contribution in [-0.2, 0) is 19.1 Å². The zero-order chi connectivity index (χ0) is 21.0. The highest BCUT2D eigenvalue weighted by Gasteiger charge is 2.38. The van der Waals surface area contributed by atoms with Crippen LogP contribution >= 0.6 is 23.2 Å². The number of anilines is 1. The van der Waals surface area contributed by atoms with Gasteiger partial charge in [-0.2, -0.15) is 0 Å². The Balaban J connectivity index is 1.53. The van der Waals surface area contributed by atoms with Gasteiger partial charge in [0.05, 0.1) is 22.7 Å². The Morgan fingerprint density at radius 2 is 1.93 bits per heavy atom. The van der Waals surface area contributed by atoms with Gasteiger partial charge in [-0.05, 0) is 30.7 Å². The molecule has 1 N–H and O–H groups in total. The number of nitrogens with one attached hydrogen (secondary N) is 1. The normalized spacial score (nSPS) is 17.1. The number of carbonyl (C=O) groups excluding carboxylic acids is 3. The molecule has 29 heavy (non-hydrogen) atoms. The summed E-state index contributed by atoms with van der Waals surface area (Å²) in [7, 11) is 0. The Hall–Kier alpha value is -2.57. The minimum Gasteiger partial charge on any atom is -0.455 e.